The molecule has 0 atom stereocenters. The average Bonchev–Trinajstić information content (AvgIpc) is 2.39. The number of likely N-dealkylation sites (N-methyl/N-ethyl adjacent to an activating group) is 1. The normalized spacial score (nSPS) is 19.5. The monoisotopic (exact) mass is 242 g/mol. The van der Waals surface area contributed by atoms with Crippen LogP contribution in [0.1, 0.15) is 14.5 Å². The van der Waals surface area contributed by atoms with Crippen molar-refractivity contribution in [1.82, 2.24) is 0 Å². The highest BCUT2D eigenvalue weighted by atomic mass is 79.9. The van der Waals surface area contributed by atoms with Crippen molar-refractivity contribution in [2.24, 2.45) is 0 Å². The second-order valence-corrected chi connectivity index (χ2v) is 3.46. The van der Waals surface area contributed by atoms with Crippen LogP contribution in [-0.2, 0) is 4.79 Å². The molecule has 1 amide bonds. The molecule has 0 spiro atoms. The van der Waals surface area contributed by atoms with Crippen molar-refractivity contribution in [1.29, 1.82) is 0 Å². The number of Topliss-reactive ketones (excluding diaryl/α,β-unsaturated/α-hetero) is 1. The van der Waals surface area contributed by atoms with Gasteiger partial charge in [-0.05, 0) is 28.1 Å². The van der Waals surface area contributed by atoms with E-state index in [-0.39, 0.29) is 11.3 Å². The molecule has 1 heterocycles. The molecular weight excluding hydrogens is 234 g/mol. The standard InChI is InChI=1S/C9H6BrNO2/c1-11-6-4-2-3-5(10)7(6)8(12)9(11)13/h2-4H,1H3/i1D3. The Labute approximate surface area is 87.7 Å². The largest absolute Gasteiger partial charge is 0.308 e. The molecule has 3 nitrogen and oxygen atoms in total. The van der Waals surface area contributed by atoms with Gasteiger partial charge in [-0.2, -0.15) is 0 Å². The predicted molar refractivity (Wildman–Crippen MR) is 51.9 cm³/mol. The van der Waals surface area contributed by atoms with Crippen LogP contribution in [0, 0.1) is 0 Å². The Morgan fingerprint density at radius 3 is 2.92 bits per heavy atom. The van der Waals surface area contributed by atoms with E-state index in [1.807, 2.05) is 0 Å². The third-order valence-corrected chi connectivity index (χ3v) is 2.52. The van der Waals surface area contributed by atoms with Gasteiger partial charge in [0.25, 0.3) is 11.7 Å². The first-order valence-corrected chi connectivity index (χ1v) is 4.31. The Hall–Kier alpha value is -1.16. The number of benzene rings is 1. The van der Waals surface area contributed by atoms with E-state index in [2.05, 4.69) is 15.9 Å². The van der Waals surface area contributed by atoms with Gasteiger partial charge in [0.2, 0.25) is 0 Å². The zero-order chi connectivity index (χ0) is 12.1. The SMILES string of the molecule is [2H]C([2H])([2H])N1C(=O)C(=O)c2c(Br)cccc21. The van der Waals surface area contributed by atoms with Crippen LogP contribution in [0.4, 0.5) is 5.69 Å². The number of halogens is 1. The van der Waals surface area contributed by atoms with Gasteiger partial charge in [0.1, 0.15) is 0 Å². The molecule has 1 aliphatic rings. The van der Waals surface area contributed by atoms with Gasteiger partial charge in [0.15, 0.2) is 0 Å². The highest BCUT2D eigenvalue weighted by Gasteiger charge is 2.34. The van der Waals surface area contributed by atoms with E-state index in [9.17, 15) is 9.59 Å². The molecule has 0 radical (unpaired) electrons. The van der Waals surface area contributed by atoms with Crippen LogP contribution in [-0.4, -0.2) is 18.7 Å². The maximum atomic E-state index is 11.6. The maximum Gasteiger partial charge on any atom is 0.299 e. The number of rotatable bonds is 0. The quantitative estimate of drug-likeness (QED) is 0.649. The van der Waals surface area contributed by atoms with Gasteiger partial charge >= 0.3 is 0 Å². The molecule has 0 fully saturated rings. The molecule has 1 aromatic carbocycles. The smallest absolute Gasteiger partial charge is 0.299 e. The van der Waals surface area contributed by atoms with Crippen LogP contribution in [0.15, 0.2) is 22.7 Å². The summed E-state index contributed by atoms with van der Waals surface area (Å²) in [7, 11) is 0. The lowest BCUT2D eigenvalue weighted by molar-refractivity contribution is -0.114. The number of nitrogens with zero attached hydrogens (tertiary/aromatic N) is 1. The van der Waals surface area contributed by atoms with Crippen LogP contribution in [0.3, 0.4) is 0 Å². The summed E-state index contributed by atoms with van der Waals surface area (Å²) in [5.74, 6) is -1.81. The maximum absolute atomic E-state index is 11.6. The first kappa shape index (κ1) is 5.54. The molecule has 0 saturated heterocycles. The van der Waals surface area contributed by atoms with Crippen LogP contribution in [0.5, 0.6) is 0 Å². The molecule has 0 aliphatic carbocycles. The molecule has 13 heavy (non-hydrogen) atoms. The summed E-state index contributed by atoms with van der Waals surface area (Å²) in [5, 5.41) is 0. The van der Waals surface area contributed by atoms with Gasteiger partial charge in [-0.15, -0.1) is 0 Å². The fourth-order valence-electron chi connectivity index (χ4n) is 1.24. The fraction of sp³-hybridized carbons (Fsp3) is 0.111. The number of carbonyl (C=O) groups excluding carboxylic acids is 2. The van der Waals surface area contributed by atoms with Crippen LogP contribution in [0.25, 0.3) is 0 Å². The highest BCUT2D eigenvalue weighted by molar-refractivity contribution is 9.10. The Morgan fingerprint density at radius 2 is 2.23 bits per heavy atom. The number of carbonyl (C=O) groups is 2. The van der Waals surface area contributed by atoms with E-state index >= 15 is 0 Å². The summed E-state index contributed by atoms with van der Waals surface area (Å²) >= 11 is 3.13. The van der Waals surface area contributed by atoms with E-state index in [0.717, 1.165) is 0 Å². The third kappa shape index (κ3) is 1.02. The second kappa shape index (κ2) is 2.67. The van der Waals surface area contributed by atoms with Gasteiger partial charge in [0, 0.05) is 15.6 Å². The lowest BCUT2D eigenvalue weighted by Crippen LogP contribution is -2.24. The van der Waals surface area contributed by atoms with E-state index < -0.39 is 18.7 Å². The lowest BCUT2D eigenvalue weighted by Gasteiger charge is -2.07. The van der Waals surface area contributed by atoms with E-state index in [4.69, 9.17) is 4.11 Å². The molecule has 4 heteroatoms. The highest BCUT2D eigenvalue weighted by Crippen LogP contribution is 2.32. The number of anilines is 1. The minimum atomic E-state index is -2.64. The van der Waals surface area contributed by atoms with Gasteiger partial charge < -0.3 is 4.90 Å². The molecule has 2 rings (SSSR count). The Bertz CT molecular complexity index is 498. The molecule has 66 valence electrons. The van der Waals surface area contributed by atoms with Crippen molar-refractivity contribution in [3.05, 3.63) is 28.2 Å². The van der Waals surface area contributed by atoms with Gasteiger partial charge in [-0.3, -0.25) is 9.59 Å². The Morgan fingerprint density at radius 1 is 1.46 bits per heavy atom. The molecule has 1 aliphatic heterocycles. The zero-order valence-electron chi connectivity index (χ0n) is 9.37. The Kier molecular flexibility index (Phi) is 1.14. The first-order chi connectivity index (χ1) is 7.34. The average molecular weight is 243 g/mol. The summed E-state index contributed by atoms with van der Waals surface area (Å²) < 4.78 is 22.1. The molecule has 0 bridgehead atoms. The predicted octanol–water partition coefficient (Wildman–Crippen LogP) is 1.61. The number of fused-ring (bicyclic) bond motifs is 1. The summed E-state index contributed by atoms with van der Waals surface area (Å²) in [6, 6.07) is 4.61. The zero-order valence-corrected chi connectivity index (χ0v) is 7.96. The Balaban J connectivity index is 2.68. The molecule has 1 aromatic rings. The molecular formula is C9H6BrNO2. The van der Waals surface area contributed by atoms with Gasteiger partial charge in [-0.1, -0.05) is 6.07 Å². The first-order valence-electron chi connectivity index (χ1n) is 5.01. The van der Waals surface area contributed by atoms with Crippen LogP contribution < -0.4 is 4.90 Å². The van der Waals surface area contributed by atoms with E-state index in [1.54, 1.807) is 12.1 Å². The van der Waals surface area contributed by atoms with E-state index in [1.165, 1.54) is 6.07 Å². The summed E-state index contributed by atoms with van der Waals surface area (Å²) in [6.07, 6.45) is 0. The van der Waals surface area contributed by atoms with Crippen molar-refractivity contribution >= 4 is 33.3 Å². The van der Waals surface area contributed by atoms with Crippen molar-refractivity contribution in [2.75, 3.05) is 11.9 Å². The molecule has 0 aromatic heterocycles. The minimum absolute atomic E-state index is 0.114. The fourth-order valence-corrected chi connectivity index (χ4v) is 1.78. The third-order valence-electron chi connectivity index (χ3n) is 1.86. The van der Waals surface area contributed by atoms with Crippen molar-refractivity contribution < 1.29 is 13.7 Å². The topological polar surface area (TPSA) is 37.4 Å². The van der Waals surface area contributed by atoms with Crippen molar-refractivity contribution in [3.8, 4) is 0 Å². The number of hydrogen-bond acceptors (Lipinski definition) is 2. The van der Waals surface area contributed by atoms with Crippen LogP contribution in [0.2, 0.25) is 0 Å². The molecule has 0 unspecified atom stereocenters. The van der Waals surface area contributed by atoms with Gasteiger partial charge in [0.05, 0.1) is 11.3 Å². The number of ketones is 1. The summed E-state index contributed by atoms with van der Waals surface area (Å²) in [5.41, 5.74) is 0.244. The summed E-state index contributed by atoms with van der Waals surface area (Å²) in [6.45, 7) is -2.64. The van der Waals surface area contributed by atoms with E-state index in [0.29, 0.717) is 9.37 Å². The van der Waals surface area contributed by atoms with Crippen molar-refractivity contribution in [3.63, 3.8) is 0 Å². The molecule has 0 N–H and O–H groups in total. The summed E-state index contributed by atoms with van der Waals surface area (Å²) in [4.78, 5) is 23.7. The second-order valence-electron chi connectivity index (χ2n) is 2.60. The minimum Gasteiger partial charge on any atom is -0.308 e. The van der Waals surface area contributed by atoms with Crippen molar-refractivity contribution in [2.45, 2.75) is 0 Å². The van der Waals surface area contributed by atoms with Crippen LogP contribution >= 0.6 is 15.9 Å². The van der Waals surface area contributed by atoms with Gasteiger partial charge in [-0.25, -0.2) is 0 Å². The molecule has 0 saturated carbocycles. The lowest BCUT2D eigenvalue weighted by atomic mass is 10.1. The number of amides is 1. The number of hydrogen-bond donors (Lipinski definition) is 0.